The topological polar surface area (TPSA) is 53.0 Å². The van der Waals surface area contributed by atoms with Crippen LogP contribution >= 0.6 is 0 Å². The number of phenolic OH excluding ortho intramolecular Hbond substituents is 1. The van der Waals surface area contributed by atoms with Crippen LogP contribution in [0.2, 0.25) is 0 Å². The van der Waals surface area contributed by atoms with E-state index < -0.39 is 5.60 Å². The summed E-state index contributed by atoms with van der Waals surface area (Å²) in [4.78, 5) is 16.6. The lowest BCUT2D eigenvalue weighted by Gasteiger charge is -2.38. The summed E-state index contributed by atoms with van der Waals surface area (Å²) in [6.07, 6.45) is 0.403. The van der Waals surface area contributed by atoms with E-state index in [-0.39, 0.29) is 17.9 Å². The van der Waals surface area contributed by atoms with Gasteiger partial charge in [0.15, 0.2) is 0 Å². The summed E-state index contributed by atoms with van der Waals surface area (Å²) in [5, 5.41) is 10.7. The molecule has 0 bridgehead atoms. The van der Waals surface area contributed by atoms with Crippen LogP contribution in [-0.2, 0) is 11.2 Å². The second kappa shape index (κ2) is 7.14. The second-order valence-corrected chi connectivity index (χ2v) is 8.16. The quantitative estimate of drug-likeness (QED) is 0.857. The Balaban J connectivity index is 2.07. The van der Waals surface area contributed by atoms with Gasteiger partial charge in [0.25, 0.3) is 0 Å². The van der Waals surface area contributed by atoms with Crippen LogP contribution in [0.15, 0.2) is 42.5 Å². The van der Waals surface area contributed by atoms with E-state index in [0.29, 0.717) is 12.1 Å². The Bertz CT molecular complexity index is 840. The summed E-state index contributed by atoms with van der Waals surface area (Å²) < 4.78 is 5.64. The van der Waals surface area contributed by atoms with Crippen LogP contribution < -0.4 is 4.90 Å². The number of carbonyl (C=O) groups excluding carboxylic acids is 1. The maximum absolute atomic E-state index is 12.9. The van der Waals surface area contributed by atoms with E-state index in [1.807, 2.05) is 70.1 Å². The van der Waals surface area contributed by atoms with E-state index in [0.717, 1.165) is 17.7 Å². The summed E-state index contributed by atoms with van der Waals surface area (Å²) in [6.45, 7) is 6.13. The lowest BCUT2D eigenvalue weighted by Crippen LogP contribution is -2.43. The molecule has 0 spiro atoms. The molecule has 0 aromatic heterocycles. The van der Waals surface area contributed by atoms with Crippen LogP contribution in [0.3, 0.4) is 0 Å². The average Bonchev–Trinajstić information content (AvgIpc) is 2.59. The first-order chi connectivity index (χ1) is 12.7. The Labute approximate surface area is 161 Å². The van der Waals surface area contributed by atoms with Gasteiger partial charge in [-0.1, -0.05) is 30.3 Å². The summed E-state index contributed by atoms with van der Waals surface area (Å²) >= 11 is 0. The molecule has 144 valence electrons. The first kappa shape index (κ1) is 19.1. The molecule has 3 rings (SSSR count). The number of amides is 1. The molecular weight excluding hydrogens is 340 g/mol. The number of anilines is 1. The van der Waals surface area contributed by atoms with Crippen LogP contribution in [0.25, 0.3) is 0 Å². The van der Waals surface area contributed by atoms with Gasteiger partial charge < -0.3 is 14.7 Å². The minimum atomic E-state index is -0.574. The van der Waals surface area contributed by atoms with Gasteiger partial charge in [-0.05, 0) is 44.4 Å². The van der Waals surface area contributed by atoms with Gasteiger partial charge in [-0.25, -0.2) is 4.79 Å². The summed E-state index contributed by atoms with van der Waals surface area (Å²) in [5.74, 6) is 0.177. The molecule has 1 unspecified atom stereocenters. The minimum Gasteiger partial charge on any atom is -0.507 e. The fourth-order valence-electron chi connectivity index (χ4n) is 3.46. The third kappa shape index (κ3) is 4.02. The highest BCUT2D eigenvalue weighted by molar-refractivity contribution is 5.71. The van der Waals surface area contributed by atoms with E-state index in [4.69, 9.17) is 4.74 Å². The first-order valence-corrected chi connectivity index (χ1v) is 9.25. The maximum atomic E-state index is 12.9. The number of benzene rings is 2. The minimum absolute atomic E-state index is 0.177. The van der Waals surface area contributed by atoms with E-state index in [1.165, 1.54) is 5.56 Å². The molecule has 1 heterocycles. The van der Waals surface area contributed by atoms with Gasteiger partial charge in [-0.3, -0.25) is 4.90 Å². The van der Waals surface area contributed by atoms with Crippen LogP contribution in [0.1, 0.15) is 43.5 Å². The number of ether oxygens (including phenoxy) is 1. The van der Waals surface area contributed by atoms with Crippen LogP contribution in [0, 0.1) is 0 Å². The van der Waals surface area contributed by atoms with Crippen molar-refractivity contribution in [3.8, 4) is 5.75 Å². The van der Waals surface area contributed by atoms with Gasteiger partial charge in [-0.2, -0.15) is 0 Å². The Kier molecular flexibility index (Phi) is 5.05. The second-order valence-electron chi connectivity index (χ2n) is 8.16. The molecular formula is C22H28N2O3. The van der Waals surface area contributed by atoms with Gasteiger partial charge in [0.2, 0.25) is 0 Å². The molecule has 0 fully saturated rings. The van der Waals surface area contributed by atoms with Crippen molar-refractivity contribution in [1.82, 2.24) is 4.90 Å². The van der Waals surface area contributed by atoms with Crippen molar-refractivity contribution in [3.05, 3.63) is 59.2 Å². The fourth-order valence-corrected chi connectivity index (χ4v) is 3.46. The number of nitrogens with zero attached hydrogens (tertiary/aromatic N) is 2. The molecule has 2 aromatic rings. The van der Waals surface area contributed by atoms with Gasteiger partial charge in [0.05, 0.1) is 6.04 Å². The molecule has 2 aromatic carbocycles. The molecule has 1 atom stereocenters. The van der Waals surface area contributed by atoms with Crippen molar-refractivity contribution in [3.63, 3.8) is 0 Å². The third-order valence-electron chi connectivity index (χ3n) is 4.74. The predicted molar refractivity (Wildman–Crippen MR) is 107 cm³/mol. The maximum Gasteiger partial charge on any atom is 0.411 e. The number of rotatable bonds is 2. The van der Waals surface area contributed by atoms with Crippen LogP contribution in [0.5, 0.6) is 5.75 Å². The molecule has 5 heteroatoms. The highest BCUT2D eigenvalue weighted by Gasteiger charge is 2.35. The van der Waals surface area contributed by atoms with Crippen molar-refractivity contribution >= 4 is 11.8 Å². The summed E-state index contributed by atoms with van der Waals surface area (Å²) in [7, 11) is 3.86. The van der Waals surface area contributed by atoms with E-state index in [9.17, 15) is 9.90 Å². The van der Waals surface area contributed by atoms with E-state index >= 15 is 0 Å². The summed E-state index contributed by atoms with van der Waals surface area (Å²) in [5.41, 5.74) is 3.26. The number of fused-ring (bicyclic) bond motifs is 1. The van der Waals surface area contributed by atoms with E-state index in [1.54, 1.807) is 11.0 Å². The van der Waals surface area contributed by atoms with E-state index in [2.05, 4.69) is 6.07 Å². The number of phenols is 1. The number of hydrogen-bond acceptors (Lipinski definition) is 4. The molecule has 1 aliphatic heterocycles. The Hall–Kier alpha value is -2.69. The standard InChI is InChI=1S/C22H28N2O3/c1-22(2,3)27-21(26)24-13-12-15-8-6-7-9-17(15)20(24)18-11-10-16(23(4)5)14-19(18)25/h6-11,14,20,25H,12-13H2,1-5H3. The zero-order chi connectivity index (χ0) is 19.8. The predicted octanol–water partition coefficient (Wildman–Crippen LogP) is 4.34. The van der Waals surface area contributed by atoms with Crippen LogP contribution in [-0.4, -0.2) is 42.3 Å². The van der Waals surface area contributed by atoms with Gasteiger partial charge in [0, 0.05) is 38.0 Å². The van der Waals surface area contributed by atoms with Crippen LogP contribution in [0.4, 0.5) is 10.5 Å². The SMILES string of the molecule is CN(C)c1ccc(C2c3ccccc3CCN2C(=O)OC(C)(C)C)c(O)c1. The largest absolute Gasteiger partial charge is 0.507 e. The Morgan fingerprint density at radius 1 is 1.15 bits per heavy atom. The van der Waals surface area contributed by atoms with Crippen molar-refractivity contribution in [2.75, 3.05) is 25.5 Å². The molecule has 1 aliphatic rings. The third-order valence-corrected chi connectivity index (χ3v) is 4.74. The molecule has 0 radical (unpaired) electrons. The lowest BCUT2D eigenvalue weighted by atomic mass is 9.88. The molecule has 0 saturated heterocycles. The monoisotopic (exact) mass is 368 g/mol. The number of hydrogen-bond donors (Lipinski definition) is 1. The normalized spacial score (nSPS) is 16.6. The highest BCUT2D eigenvalue weighted by Crippen LogP contribution is 2.40. The fraction of sp³-hybridized carbons (Fsp3) is 0.409. The van der Waals surface area contributed by atoms with Crippen molar-refractivity contribution in [2.45, 2.75) is 38.8 Å². The zero-order valence-corrected chi connectivity index (χ0v) is 16.7. The van der Waals surface area contributed by atoms with Crippen molar-refractivity contribution < 1.29 is 14.6 Å². The first-order valence-electron chi connectivity index (χ1n) is 9.25. The zero-order valence-electron chi connectivity index (χ0n) is 16.7. The summed E-state index contributed by atoms with van der Waals surface area (Å²) in [6, 6.07) is 13.3. The Morgan fingerprint density at radius 2 is 1.85 bits per heavy atom. The van der Waals surface area contributed by atoms with Gasteiger partial charge in [-0.15, -0.1) is 0 Å². The van der Waals surface area contributed by atoms with Gasteiger partial charge in [0.1, 0.15) is 11.4 Å². The molecule has 1 N–H and O–H groups in total. The smallest absolute Gasteiger partial charge is 0.411 e. The Morgan fingerprint density at radius 3 is 2.48 bits per heavy atom. The van der Waals surface area contributed by atoms with Crippen molar-refractivity contribution in [2.24, 2.45) is 0 Å². The molecule has 5 nitrogen and oxygen atoms in total. The lowest BCUT2D eigenvalue weighted by molar-refractivity contribution is 0.0177. The van der Waals surface area contributed by atoms with Crippen molar-refractivity contribution in [1.29, 1.82) is 0 Å². The average molecular weight is 368 g/mol. The highest BCUT2D eigenvalue weighted by atomic mass is 16.6. The number of carbonyl (C=O) groups is 1. The molecule has 0 saturated carbocycles. The van der Waals surface area contributed by atoms with Gasteiger partial charge >= 0.3 is 6.09 Å². The number of aromatic hydroxyl groups is 1. The molecule has 27 heavy (non-hydrogen) atoms. The molecule has 0 aliphatic carbocycles. The molecule has 1 amide bonds.